The van der Waals surface area contributed by atoms with Gasteiger partial charge in [0, 0.05) is 83.5 Å². The lowest BCUT2D eigenvalue weighted by Gasteiger charge is -2.46. The van der Waals surface area contributed by atoms with Gasteiger partial charge in [-0.3, -0.25) is 43.3 Å². The van der Waals surface area contributed by atoms with Crippen LogP contribution in [0.3, 0.4) is 0 Å². The molecule has 0 aromatic carbocycles. The van der Waals surface area contributed by atoms with Crippen molar-refractivity contribution >= 4 is 46.8 Å². The van der Waals surface area contributed by atoms with Crippen LogP contribution in [0.5, 0.6) is 0 Å². The number of amides is 4. The zero-order valence-electron chi connectivity index (χ0n) is 74.4. The minimum Gasteiger partial charge on any atom is -0.394 e. The lowest BCUT2D eigenvalue weighted by Crippen LogP contribution is -2.65. The molecule has 0 spiro atoms. The van der Waals surface area contributed by atoms with E-state index in [4.69, 9.17) is 61.6 Å². The van der Waals surface area contributed by atoms with E-state index in [1.165, 1.54) is 4.90 Å². The highest BCUT2D eigenvalue weighted by atomic mass is 16.8. The highest BCUT2D eigenvalue weighted by Gasteiger charge is 2.56. The summed E-state index contributed by atoms with van der Waals surface area (Å²) in [5, 5.41) is 262. The average Bonchev–Trinajstić information content (AvgIpc) is 0.772. The Morgan fingerprint density at radius 3 is 1.05 bits per heavy atom. The Morgan fingerprint density at radius 2 is 0.632 bits per heavy atom. The van der Waals surface area contributed by atoms with E-state index in [0.717, 1.165) is 0 Å². The minimum atomic E-state index is -2.04. The molecule has 770 valence electrons. The second kappa shape index (κ2) is 58.9. The fourth-order valence-electron chi connectivity index (χ4n) is 16.2. The molecule has 0 radical (unpaired) electrons. The highest BCUT2D eigenvalue weighted by molar-refractivity contribution is 5.89. The molecular formula is C83H143N5O45. The number of rotatable bonds is 60. The number of nitrogens with one attached hydrogen (secondary N) is 4. The number of unbranched alkanes of at least 4 members (excludes halogenated alkanes) is 7. The molecule has 50 heteroatoms. The van der Waals surface area contributed by atoms with Gasteiger partial charge in [-0.1, -0.05) is 32.6 Å². The predicted octanol–water partition coefficient (Wildman–Crippen LogP) is -13.0. The maximum Gasteiger partial charge on any atom is 0.234 e. The maximum atomic E-state index is 14.3. The average molecular weight is 1930 g/mol. The fourth-order valence-corrected chi connectivity index (χ4v) is 16.2. The number of aliphatic hydroxyl groups excluding tert-OH is 24. The number of Topliss-reactive ketones (excluding diaryl/α,β-unsaturated/α-hetero) is 4. The molecule has 4 amide bonds. The molecule has 0 aliphatic carbocycles. The largest absolute Gasteiger partial charge is 0.394 e. The fraction of sp³-hybridized carbons (Fsp3) is 0.904. The number of ketones is 4. The summed E-state index contributed by atoms with van der Waals surface area (Å²) in [6.07, 6.45) is -55.3. The van der Waals surface area contributed by atoms with Gasteiger partial charge in [0.1, 0.15) is 194 Å². The van der Waals surface area contributed by atoms with E-state index in [-0.39, 0.29) is 95.1 Å². The van der Waals surface area contributed by atoms with Crippen molar-refractivity contribution in [3.05, 3.63) is 0 Å². The van der Waals surface area contributed by atoms with E-state index < -0.39 is 335 Å². The number of hydrogen-bond acceptors (Lipinski definition) is 46. The number of aliphatic hydroxyl groups is 24. The Morgan fingerprint density at radius 1 is 0.293 bits per heavy atom. The van der Waals surface area contributed by atoms with Gasteiger partial charge in [-0.25, -0.2) is 0 Å². The number of carbonyl (C=O) groups is 8. The summed E-state index contributed by atoms with van der Waals surface area (Å²) in [5.74, 6) is -4.64. The van der Waals surface area contributed by atoms with Crippen LogP contribution < -0.4 is 21.3 Å². The second-order valence-electron chi connectivity index (χ2n) is 34.5. The molecular weight excluding hydrogens is 1790 g/mol. The normalized spacial score (nSPS) is 36.3. The first-order valence-corrected chi connectivity index (χ1v) is 45.6. The molecule has 36 atom stereocenters. The number of carbonyl (C=O) groups excluding carboxylic acids is 8. The minimum absolute atomic E-state index is 0.0467. The Hall–Kier alpha value is -4.96. The smallest absolute Gasteiger partial charge is 0.234 e. The quantitative estimate of drug-likeness (QED) is 0.0251. The maximum absolute atomic E-state index is 14.3. The summed E-state index contributed by atoms with van der Waals surface area (Å²) in [5.41, 5.74) is 0. The summed E-state index contributed by atoms with van der Waals surface area (Å²) in [6.45, 7) is -6.07. The molecule has 7 aliphatic heterocycles. The second-order valence-corrected chi connectivity index (χ2v) is 34.5. The van der Waals surface area contributed by atoms with Gasteiger partial charge in [0.2, 0.25) is 23.6 Å². The van der Waals surface area contributed by atoms with E-state index in [1.807, 2.05) is 0 Å². The first-order chi connectivity index (χ1) is 63.4. The van der Waals surface area contributed by atoms with Crippen LogP contribution >= 0.6 is 0 Å². The van der Waals surface area contributed by atoms with Crippen molar-refractivity contribution in [2.45, 2.75) is 363 Å². The van der Waals surface area contributed by atoms with Crippen LogP contribution in [0.25, 0.3) is 0 Å². The highest BCUT2D eigenvalue weighted by Crippen LogP contribution is 2.35. The molecule has 7 saturated heterocycles. The lowest BCUT2D eigenvalue weighted by atomic mass is 9.92. The Kier molecular flexibility index (Phi) is 51.0. The molecule has 0 aromatic heterocycles. The van der Waals surface area contributed by atoms with Crippen molar-refractivity contribution in [2.75, 3.05) is 105 Å². The van der Waals surface area contributed by atoms with E-state index in [0.29, 0.717) is 83.5 Å². The van der Waals surface area contributed by atoms with Gasteiger partial charge >= 0.3 is 0 Å². The van der Waals surface area contributed by atoms with Crippen LogP contribution in [0.15, 0.2) is 0 Å². The van der Waals surface area contributed by atoms with Gasteiger partial charge < -0.3 is 205 Å². The van der Waals surface area contributed by atoms with Crippen molar-refractivity contribution in [3.63, 3.8) is 0 Å². The Labute approximate surface area is 766 Å². The van der Waals surface area contributed by atoms with Gasteiger partial charge in [-0.05, 0) is 64.2 Å². The molecule has 7 aliphatic rings. The van der Waals surface area contributed by atoms with Crippen LogP contribution in [0.2, 0.25) is 0 Å². The van der Waals surface area contributed by atoms with Crippen LogP contribution in [0.4, 0.5) is 0 Å². The molecule has 28 N–H and O–H groups in total. The summed E-state index contributed by atoms with van der Waals surface area (Å²) in [6, 6.07) is 0. The zero-order valence-corrected chi connectivity index (χ0v) is 74.4. The predicted molar refractivity (Wildman–Crippen MR) is 443 cm³/mol. The molecule has 7 fully saturated rings. The van der Waals surface area contributed by atoms with Crippen molar-refractivity contribution < 1.29 is 222 Å². The number of ether oxygens (including phenoxy) is 13. The van der Waals surface area contributed by atoms with Crippen molar-refractivity contribution in [2.24, 2.45) is 5.92 Å². The Bertz CT molecular complexity index is 3420. The topological polar surface area (TPSA) is 793 Å². The van der Waals surface area contributed by atoms with E-state index in [1.54, 1.807) is 6.92 Å². The van der Waals surface area contributed by atoms with Gasteiger partial charge in [0.15, 0.2) is 37.7 Å². The van der Waals surface area contributed by atoms with Crippen LogP contribution in [-0.4, -0.2) is 494 Å². The third kappa shape index (κ3) is 35.1. The molecule has 50 nitrogen and oxygen atoms in total. The first kappa shape index (κ1) is 115. The third-order valence-electron chi connectivity index (χ3n) is 24.3. The van der Waals surface area contributed by atoms with E-state index in [2.05, 4.69) is 21.3 Å². The van der Waals surface area contributed by atoms with Gasteiger partial charge in [0.25, 0.3) is 0 Å². The van der Waals surface area contributed by atoms with Gasteiger partial charge in [-0.2, -0.15) is 0 Å². The summed E-state index contributed by atoms with van der Waals surface area (Å²) in [4.78, 5) is 109. The standard InChI is InChI=1S/C83H143N5O45/c1-2-41(94)15-6-3-11-23-84-54(99)31-88(32-55(100)85-24-12-4-7-17-43(96)19-14-27-121-80-73(118)75(132-82-71(116)67(112)60(105)49(36-92)128-82)62(107)51(130-80)38-123-78-69(114)65(110)58(103)47(34-90)126-78)30-44(97)29-40(77(120)87-25-13-5-8-16-42(95)18-9-10-20-45-56(101)64(109)57(102)46(33-89)125-45)21-22-53(98)86-26-28-122-81-74(119)76(133-83-72(117)68(113)61(106)50(37-93)129-83)63(108)52(131-81)39-124-79-70(115)66(111)59(104)48(35-91)127-79/h40,45-52,56-76,78-83,89-93,101-119H,2-39H2,1H3,(H,84,99)(H,85,100)(H,86,98)(H,87,120)/t40-,45-,46-,47-,48-,49-,50-,51-,52-,56-,57-,58-,59-,60-,61-,62-,63-,64-,65+,66+,67+,68+,69+,70+,71+,72+,73+,74+,75+,76+,78+,79+,80+,81+,82-,83-/m1/s1. The summed E-state index contributed by atoms with van der Waals surface area (Å²) >= 11 is 0. The third-order valence-corrected chi connectivity index (χ3v) is 24.3. The van der Waals surface area contributed by atoms with Crippen molar-refractivity contribution in [1.82, 2.24) is 26.2 Å². The monoisotopic (exact) mass is 1930 g/mol. The molecule has 0 aromatic rings. The molecule has 7 heterocycles. The Balaban J connectivity index is 0.940. The van der Waals surface area contributed by atoms with E-state index in [9.17, 15) is 161 Å². The summed E-state index contributed by atoms with van der Waals surface area (Å²) in [7, 11) is 0. The molecule has 0 bridgehead atoms. The van der Waals surface area contributed by atoms with Crippen molar-refractivity contribution in [1.29, 1.82) is 0 Å². The van der Waals surface area contributed by atoms with Crippen LogP contribution in [-0.2, 0) is 99.9 Å². The molecule has 133 heavy (non-hydrogen) atoms. The molecule has 0 saturated carbocycles. The van der Waals surface area contributed by atoms with Crippen LogP contribution in [0.1, 0.15) is 148 Å². The lowest BCUT2D eigenvalue weighted by molar-refractivity contribution is -0.366. The number of hydrogen-bond donors (Lipinski definition) is 28. The van der Waals surface area contributed by atoms with Gasteiger partial charge in [0.05, 0.1) is 85.2 Å². The SMILES string of the molecule is CCC(=O)CCCCCNC(=O)CN(CC(=O)C[C@@H](CCC(=O)NCCO[C@H]1O[C@H](CO[C@H]2O[C@H](CO)[C@@H](O)[C@H](O)[C@@H]2O)[C@@H](O)[C@H](O[C@H]2O[C@H](CO)[C@@H](O)[C@H](O)[C@@H]2O)[C@@H]1O)C(=O)NCCCCCC(=O)CCCC[C@H]1O[C@H](CO)[C@@H](O)[C@H](O)[C@@H]1O)CC(=O)NCCCCCC(=O)CCCO[C@H]1O[C@H](CO[C@H]2O[C@H](CO)[C@@H](O)[C@H](O)[C@@H]2O)[C@@H](O)[C@H](O[C@H]2O[C@H](CO)[C@@H](O)[C@H](O)[C@@H]2O)[C@@H]1O. The summed E-state index contributed by atoms with van der Waals surface area (Å²) < 4.78 is 73.2. The van der Waals surface area contributed by atoms with E-state index >= 15 is 0 Å². The molecule has 0 unspecified atom stereocenters. The van der Waals surface area contributed by atoms with Crippen LogP contribution in [0, 0.1) is 5.92 Å². The molecule has 7 rings (SSSR count). The zero-order chi connectivity index (χ0) is 97.9. The van der Waals surface area contributed by atoms with Gasteiger partial charge in [-0.15, -0.1) is 0 Å². The number of nitrogens with zero attached hydrogens (tertiary/aromatic N) is 1. The van der Waals surface area contributed by atoms with Crippen molar-refractivity contribution in [3.8, 4) is 0 Å². The first-order valence-electron chi connectivity index (χ1n) is 45.6.